The van der Waals surface area contributed by atoms with Gasteiger partial charge in [-0.15, -0.1) is 0 Å². The van der Waals surface area contributed by atoms with Crippen LogP contribution in [0.2, 0.25) is 0 Å². The van der Waals surface area contributed by atoms with Crippen molar-refractivity contribution < 1.29 is 18.6 Å². The quantitative estimate of drug-likeness (QED) is 0.539. The van der Waals surface area contributed by atoms with Crippen LogP contribution in [0.5, 0.6) is 6.01 Å². The summed E-state index contributed by atoms with van der Waals surface area (Å²) in [5, 5.41) is 10.2. The Morgan fingerprint density at radius 2 is 2.07 bits per heavy atom. The van der Waals surface area contributed by atoms with E-state index in [1.165, 1.54) is 0 Å². The van der Waals surface area contributed by atoms with Crippen LogP contribution in [0.25, 0.3) is 0 Å². The normalized spacial score (nSPS) is 35.1. The second-order valence-electron chi connectivity index (χ2n) is 13.6. The lowest BCUT2D eigenvalue weighted by molar-refractivity contribution is -0.130. The lowest BCUT2D eigenvalue weighted by Gasteiger charge is -2.45. The fourth-order valence-corrected chi connectivity index (χ4v) is 8.74. The lowest BCUT2D eigenvalue weighted by Crippen LogP contribution is -2.46. The van der Waals surface area contributed by atoms with E-state index in [1.807, 2.05) is 6.07 Å². The van der Waals surface area contributed by atoms with E-state index in [4.69, 9.17) is 29.9 Å². The number of alkyl halides is 1. The second-order valence-corrected chi connectivity index (χ2v) is 13.6. The molecule has 0 saturated carbocycles. The number of nitrogens with two attached hydrogens (primary N) is 1. The number of aromatic nitrogens is 2. The summed E-state index contributed by atoms with van der Waals surface area (Å²) in [5.41, 5.74) is 10.2. The van der Waals surface area contributed by atoms with Crippen molar-refractivity contribution in [2.75, 3.05) is 50.0 Å². The van der Waals surface area contributed by atoms with Gasteiger partial charge in [0.15, 0.2) is 0 Å². The third-order valence-electron chi connectivity index (χ3n) is 11.2. The molecule has 8 rings (SSSR count). The molecule has 5 aliphatic heterocycles. The molecule has 2 spiro atoms. The Kier molecular flexibility index (Phi) is 6.02. The highest BCUT2D eigenvalue weighted by atomic mass is 19.1. The molecule has 10 heteroatoms. The average Bonchev–Trinajstić information content (AvgIpc) is 3.66. The average molecular weight is 575 g/mol. The molecule has 4 fully saturated rings. The Bertz CT molecular complexity index is 1480. The molecule has 0 bridgehead atoms. The number of nitrogen functional groups attached to an aromatic ring is 1. The minimum absolute atomic E-state index is 0.0867. The minimum Gasteiger partial charge on any atom is -0.461 e. The number of benzene rings is 1. The number of nitriles is 1. The first-order chi connectivity index (χ1) is 20.3. The van der Waals surface area contributed by atoms with Crippen molar-refractivity contribution in [1.82, 2.24) is 14.9 Å². The molecule has 9 nitrogen and oxygen atoms in total. The zero-order valence-corrected chi connectivity index (χ0v) is 24.3. The fraction of sp³-hybridized carbons (Fsp3) is 0.656. The summed E-state index contributed by atoms with van der Waals surface area (Å²) >= 11 is 0. The molecule has 2 N–H and O–H groups in total. The van der Waals surface area contributed by atoms with Crippen molar-refractivity contribution >= 4 is 11.5 Å². The summed E-state index contributed by atoms with van der Waals surface area (Å²) in [5.74, 6) is 1.16. The predicted molar refractivity (Wildman–Crippen MR) is 154 cm³/mol. The van der Waals surface area contributed by atoms with E-state index >= 15 is 0 Å². The summed E-state index contributed by atoms with van der Waals surface area (Å²) in [6.07, 6.45) is 5.97. The maximum Gasteiger partial charge on any atom is 0.318 e. The molecule has 2 aromatic rings. The Morgan fingerprint density at radius 3 is 2.86 bits per heavy atom. The van der Waals surface area contributed by atoms with Gasteiger partial charge in [0.25, 0.3) is 0 Å². The summed E-state index contributed by atoms with van der Waals surface area (Å²) in [4.78, 5) is 14.6. The van der Waals surface area contributed by atoms with Crippen molar-refractivity contribution in [2.45, 2.75) is 93.7 Å². The zero-order valence-electron chi connectivity index (χ0n) is 24.3. The van der Waals surface area contributed by atoms with E-state index in [1.54, 1.807) is 0 Å². The van der Waals surface area contributed by atoms with Crippen LogP contribution in [0.3, 0.4) is 0 Å². The number of hydrogen-bond acceptors (Lipinski definition) is 9. The lowest BCUT2D eigenvalue weighted by atomic mass is 9.69. The number of rotatable bonds is 4. The van der Waals surface area contributed by atoms with Gasteiger partial charge in [-0.3, -0.25) is 4.90 Å². The SMILES string of the molecule is C[C@H]1CC[C@]2(Cc3nc(OC[C@@]45CCCN4C[C@H](F)C5)nc(N4CC[C@]5(CCO5)C4)c3CO2)c2c1ccc(N)c2C#N. The molecule has 0 unspecified atom stereocenters. The van der Waals surface area contributed by atoms with Crippen LogP contribution in [0, 0.1) is 11.3 Å². The van der Waals surface area contributed by atoms with Crippen molar-refractivity contribution in [2.24, 2.45) is 0 Å². The number of nitrogens with zero attached hydrogens (tertiary/aromatic N) is 5. The molecule has 1 aromatic heterocycles. The Balaban J connectivity index is 1.18. The van der Waals surface area contributed by atoms with Crippen molar-refractivity contribution in [1.29, 1.82) is 5.26 Å². The van der Waals surface area contributed by atoms with Crippen LogP contribution in [-0.4, -0.2) is 71.6 Å². The Morgan fingerprint density at radius 1 is 1.19 bits per heavy atom. The summed E-state index contributed by atoms with van der Waals surface area (Å²) in [6.45, 7) is 6.79. The van der Waals surface area contributed by atoms with Crippen LogP contribution < -0.4 is 15.4 Å². The third-order valence-corrected chi connectivity index (χ3v) is 11.2. The van der Waals surface area contributed by atoms with Gasteiger partial charge >= 0.3 is 6.01 Å². The third kappa shape index (κ3) is 3.96. The summed E-state index contributed by atoms with van der Waals surface area (Å²) < 4.78 is 33.7. The van der Waals surface area contributed by atoms with E-state index in [0.717, 1.165) is 93.0 Å². The van der Waals surface area contributed by atoms with E-state index in [9.17, 15) is 9.65 Å². The van der Waals surface area contributed by atoms with Gasteiger partial charge in [0.05, 0.1) is 35.6 Å². The van der Waals surface area contributed by atoms with Gasteiger partial charge in [-0.2, -0.15) is 15.2 Å². The standard InChI is InChI=1S/C32H39FN6O3/c1-20-5-7-32(27-22(20)3-4-25(35)23(27)15-34)14-26-24(17-42-32)28(38-11-8-31(18-38)9-12-41-31)37-29(36-26)40-19-30-6-2-10-39(30)16-21(33)13-30/h3-4,20-21H,2,5-14,16-19,35H2,1H3/t20-,21+,30-,31-,32-/m0/s1. The number of halogens is 1. The second kappa shape index (κ2) is 9.50. The van der Waals surface area contributed by atoms with Crippen LogP contribution in [0.4, 0.5) is 15.9 Å². The molecular weight excluding hydrogens is 535 g/mol. The first-order valence-corrected chi connectivity index (χ1v) is 15.6. The minimum atomic E-state index is -0.815. The van der Waals surface area contributed by atoms with Gasteiger partial charge in [-0.05, 0) is 56.2 Å². The maximum absolute atomic E-state index is 14.5. The van der Waals surface area contributed by atoms with Crippen LogP contribution in [0.15, 0.2) is 12.1 Å². The van der Waals surface area contributed by atoms with Gasteiger partial charge in [-0.25, -0.2) is 4.39 Å². The number of fused-ring (bicyclic) bond motifs is 4. The maximum atomic E-state index is 14.5. The molecule has 6 heterocycles. The first kappa shape index (κ1) is 26.6. The van der Waals surface area contributed by atoms with Crippen LogP contribution >= 0.6 is 0 Å². The van der Waals surface area contributed by atoms with E-state index < -0.39 is 11.8 Å². The van der Waals surface area contributed by atoms with Gasteiger partial charge in [-0.1, -0.05) is 13.0 Å². The fourth-order valence-electron chi connectivity index (χ4n) is 8.74. The van der Waals surface area contributed by atoms with Crippen molar-refractivity contribution in [3.05, 3.63) is 40.1 Å². The monoisotopic (exact) mass is 574 g/mol. The molecule has 4 saturated heterocycles. The smallest absolute Gasteiger partial charge is 0.318 e. The topological polar surface area (TPSA) is 110 Å². The molecule has 0 radical (unpaired) electrons. The molecule has 0 amide bonds. The van der Waals surface area contributed by atoms with E-state index in [-0.39, 0.29) is 11.1 Å². The van der Waals surface area contributed by atoms with Gasteiger partial charge in [0.2, 0.25) is 0 Å². The van der Waals surface area contributed by atoms with Crippen molar-refractivity contribution in [3.63, 3.8) is 0 Å². The highest BCUT2D eigenvalue weighted by molar-refractivity contribution is 5.64. The van der Waals surface area contributed by atoms with Crippen molar-refractivity contribution in [3.8, 4) is 12.1 Å². The van der Waals surface area contributed by atoms with Gasteiger partial charge < -0.3 is 24.8 Å². The molecular formula is C32H39FN6O3. The van der Waals surface area contributed by atoms with Crippen LogP contribution in [-0.2, 0) is 28.1 Å². The molecule has 42 heavy (non-hydrogen) atoms. The first-order valence-electron chi connectivity index (χ1n) is 15.6. The highest BCUT2D eigenvalue weighted by Crippen LogP contribution is 2.51. The molecule has 1 aromatic carbocycles. The van der Waals surface area contributed by atoms with Crippen LogP contribution in [0.1, 0.15) is 85.7 Å². The van der Waals surface area contributed by atoms with E-state index in [2.05, 4.69) is 28.9 Å². The Labute approximate surface area is 246 Å². The summed E-state index contributed by atoms with van der Waals surface area (Å²) in [7, 11) is 0. The highest BCUT2D eigenvalue weighted by Gasteiger charge is 2.51. The number of ether oxygens (including phenoxy) is 3. The predicted octanol–water partition coefficient (Wildman–Crippen LogP) is 4.12. The number of hydrogen-bond donors (Lipinski definition) is 1. The molecule has 222 valence electrons. The zero-order chi connectivity index (χ0) is 28.7. The van der Waals surface area contributed by atoms with Gasteiger partial charge in [0, 0.05) is 55.7 Å². The number of anilines is 2. The molecule has 5 atom stereocenters. The molecule has 1 aliphatic carbocycles. The van der Waals surface area contributed by atoms with Gasteiger partial charge in [0.1, 0.15) is 30.3 Å². The largest absolute Gasteiger partial charge is 0.461 e. The summed E-state index contributed by atoms with van der Waals surface area (Å²) in [6, 6.07) is 6.64. The Hall–Kier alpha value is -3.00. The van der Waals surface area contributed by atoms with E-state index in [0.29, 0.717) is 55.8 Å². The molecule has 6 aliphatic rings.